The monoisotopic (exact) mass is 390 g/mol. The van der Waals surface area contributed by atoms with Crippen molar-refractivity contribution in [3.8, 4) is 11.4 Å². The number of aryl methyl sites for hydroxylation is 2. The number of carbonyl (C=O) groups excluding carboxylic acids is 1. The Morgan fingerprint density at radius 3 is 2.81 bits per heavy atom. The summed E-state index contributed by atoms with van der Waals surface area (Å²) in [4.78, 5) is 23.8. The first-order valence-electron chi connectivity index (χ1n) is 8.48. The molecular formula is C18H16F2N4O2S. The van der Waals surface area contributed by atoms with Crippen LogP contribution in [0.4, 0.5) is 8.78 Å². The summed E-state index contributed by atoms with van der Waals surface area (Å²) in [7, 11) is 0. The molecule has 1 atom stereocenters. The Kier molecular flexibility index (Phi) is 4.47. The summed E-state index contributed by atoms with van der Waals surface area (Å²) in [5.74, 6) is -1.28. The molecule has 1 aliphatic rings. The molecule has 0 N–H and O–H groups in total. The van der Waals surface area contributed by atoms with Gasteiger partial charge in [0.15, 0.2) is 0 Å². The number of benzene rings is 1. The summed E-state index contributed by atoms with van der Waals surface area (Å²) < 4.78 is 32.4. The van der Waals surface area contributed by atoms with E-state index >= 15 is 0 Å². The van der Waals surface area contributed by atoms with Crippen molar-refractivity contribution in [2.24, 2.45) is 0 Å². The molecule has 1 aliphatic heterocycles. The van der Waals surface area contributed by atoms with Gasteiger partial charge in [0.2, 0.25) is 11.7 Å². The smallest absolute Gasteiger partial charge is 0.266 e. The Morgan fingerprint density at radius 1 is 1.30 bits per heavy atom. The van der Waals surface area contributed by atoms with Crippen LogP contribution >= 0.6 is 11.3 Å². The molecule has 1 amide bonds. The van der Waals surface area contributed by atoms with Gasteiger partial charge in [0.05, 0.1) is 16.3 Å². The van der Waals surface area contributed by atoms with Crippen molar-refractivity contribution in [3.63, 3.8) is 0 Å². The number of likely N-dealkylation sites (tertiary alicyclic amines) is 1. The lowest BCUT2D eigenvalue weighted by Crippen LogP contribution is -2.30. The number of rotatable bonds is 3. The quantitative estimate of drug-likeness (QED) is 0.674. The second-order valence-corrected chi connectivity index (χ2v) is 7.59. The standard InChI is InChI=1S/C18H16F2N4O2S/c1-9-15(27-10(2)21-9)18(25)24-7-3-4-14(24)17-22-16(23-26-17)12-6-5-11(19)8-13(12)20/h5-6,8,14H,3-4,7H2,1-2H3. The van der Waals surface area contributed by atoms with Crippen LogP contribution in [0.15, 0.2) is 22.7 Å². The molecule has 6 nitrogen and oxygen atoms in total. The van der Waals surface area contributed by atoms with Gasteiger partial charge in [-0.2, -0.15) is 4.98 Å². The summed E-state index contributed by atoms with van der Waals surface area (Å²) in [6, 6.07) is 2.80. The van der Waals surface area contributed by atoms with Crippen molar-refractivity contribution in [3.05, 3.63) is 51.3 Å². The predicted molar refractivity (Wildman–Crippen MR) is 94.2 cm³/mol. The van der Waals surface area contributed by atoms with Crippen molar-refractivity contribution in [2.45, 2.75) is 32.7 Å². The van der Waals surface area contributed by atoms with E-state index in [1.807, 2.05) is 13.8 Å². The van der Waals surface area contributed by atoms with Gasteiger partial charge in [-0.15, -0.1) is 11.3 Å². The van der Waals surface area contributed by atoms with Crippen molar-refractivity contribution in [2.75, 3.05) is 6.54 Å². The van der Waals surface area contributed by atoms with Crippen LogP contribution in [0.5, 0.6) is 0 Å². The molecule has 9 heteroatoms. The first-order valence-corrected chi connectivity index (χ1v) is 9.29. The van der Waals surface area contributed by atoms with Gasteiger partial charge in [0.1, 0.15) is 22.6 Å². The maximum absolute atomic E-state index is 14.0. The Morgan fingerprint density at radius 2 is 2.11 bits per heavy atom. The second-order valence-electron chi connectivity index (χ2n) is 6.38. The number of carbonyl (C=O) groups is 1. The maximum Gasteiger partial charge on any atom is 0.266 e. The molecular weight excluding hydrogens is 374 g/mol. The SMILES string of the molecule is Cc1nc(C)c(C(=O)N2CCCC2c2nc(-c3ccc(F)cc3F)no2)s1. The van der Waals surface area contributed by atoms with Crippen molar-refractivity contribution in [1.29, 1.82) is 0 Å². The lowest BCUT2D eigenvalue weighted by atomic mass is 10.2. The van der Waals surface area contributed by atoms with E-state index in [9.17, 15) is 13.6 Å². The second kappa shape index (κ2) is 6.80. The topological polar surface area (TPSA) is 72.1 Å². The lowest BCUT2D eigenvalue weighted by Gasteiger charge is -2.21. The summed E-state index contributed by atoms with van der Waals surface area (Å²) in [5, 5.41) is 4.65. The molecule has 1 unspecified atom stereocenters. The van der Waals surface area contributed by atoms with Crippen LogP contribution in [0.1, 0.15) is 45.1 Å². The Balaban J connectivity index is 1.62. The summed E-state index contributed by atoms with van der Waals surface area (Å²) in [6.07, 6.45) is 1.48. The molecule has 0 radical (unpaired) electrons. The largest absolute Gasteiger partial charge is 0.337 e. The highest BCUT2D eigenvalue weighted by atomic mass is 32.1. The summed E-state index contributed by atoms with van der Waals surface area (Å²) >= 11 is 1.36. The minimum atomic E-state index is -0.766. The summed E-state index contributed by atoms with van der Waals surface area (Å²) in [6.45, 7) is 4.24. The minimum Gasteiger partial charge on any atom is -0.337 e. The van der Waals surface area contributed by atoms with E-state index in [1.165, 1.54) is 17.4 Å². The fourth-order valence-electron chi connectivity index (χ4n) is 3.28. The Labute approximate surface area is 157 Å². The van der Waals surface area contributed by atoms with Crippen LogP contribution in [-0.4, -0.2) is 32.5 Å². The Bertz CT molecular complexity index is 1020. The van der Waals surface area contributed by atoms with Crippen molar-refractivity contribution < 1.29 is 18.1 Å². The zero-order valence-electron chi connectivity index (χ0n) is 14.7. The average Bonchev–Trinajstić information content (AvgIpc) is 3.33. The van der Waals surface area contributed by atoms with Crippen molar-refractivity contribution in [1.82, 2.24) is 20.0 Å². The fraction of sp³-hybridized carbons (Fsp3) is 0.333. The van der Waals surface area contributed by atoms with Gasteiger partial charge in [0.25, 0.3) is 5.91 Å². The molecule has 140 valence electrons. The molecule has 3 heterocycles. The number of hydrogen-bond acceptors (Lipinski definition) is 6. The van der Waals surface area contributed by atoms with Gasteiger partial charge in [-0.1, -0.05) is 5.16 Å². The van der Waals surface area contributed by atoms with Gasteiger partial charge >= 0.3 is 0 Å². The molecule has 0 aliphatic carbocycles. The third kappa shape index (κ3) is 3.23. The van der Waals surface area contributed by atoms with Crippen molar-refractivity contribution >= 4 is 17.2 Å². The van der Waals surface area contributed by atoms with E-state index in [-0.39, 0.29) is 29.2 Å². The maximum atomic E-state index is 14.0. The molecule has 4 rings (SSSR count). The highest BCUT2D eigenvalue weighted by molar-refractivity contribution is 7.13. The molecule has 0 saturated carbocycles. The molecule has 2 aromatic heterocycles. The molecule has 1 fully saturated rings. The normalized spacial score (nSPS) is 16.9. The number of amides is 1. The lowest BCUT2D eigenvalue weighted by molar-refractivity contribution is 0.0714. The van der Waals surface area contributed by atoms with Crippen LogP contribution in [0.2, 0.25) is 0 Å². The van der Waals surface area contributed by atoms with Gasteiger partial charge in [-0.05, 0) is 38.8 Å². The van der Waals surface area contributed by atoms with E-state index in [0.29, 0.717) is 23.5 Å². The summed E-state index contributed by atoms with van der Waals surface area (Å²) in [5.41, 5.74) is 0.754. The third-order valence-corrected chi connectivity index (χ3v) is 5.57. The molecule has 1 aromatic carbocycles. The first-order chi connectivity index (χ1) is 12.9. The Hall–Kier alpha value is -2.68. The highest BCUT2D eigenvalue weighted by Crippen LogP contribution is 2.34. The fourth-order valence-corrected chi connectivity index (χ4v) is 4.15. The molecule has 0 bridgehead atoms. The number of nitrogens with zero attached hydrogens (tertiary/aromatic N) is 4. The van der Waals surface area contributed by atoms with Crippen LogP contribution in [0, 0.1) is 25.5 Å². The van der Waals surface area contributed by atoms with Gasteiger partial charge in [0, 0.05) is 12.6 Å². The minimum absolute atomic E-state index is 0.0339. The molecule has 0 spiro atoms. The number of aromatic nitrogens is 3. The highest BCUT2D eigenvalue weighted by Gasteiger charge is 2.36. The van der Waals surface area contributed by atoms with Crippen LogP contribution in [0.3, 0.4) is 0 Å². The number of thiazole rings is 1. The third-order valence-electron chi connectivity index (χ3n) is 4.51. The van der Waals surface area contributed by atoms with Gasteiger partial charge in [-0.3, -0.25) is 4.79 Å². The first kappa shape index (κ1) is 17.7. The molecule has 3 aromatic rings. The number of hydrogen-bond donors (Lipinski definition) is 0. The van der Waals surface area contributed by atoms with E-state index in [0.717, 1.165) is 23.6 Å². The van der Waals surface area contributed by atoms with E-state index in [1.54, 1.807) is 4.90 Å². The van der Waals surface area contributed by atoms with E-state index in [2.05, 4.69) is 15.1 Å². The van der Waals surface area contributed by atoms with Gasteiger partial charge in [-0.25, -0.2) is 13.8 Å². The zero-order valence-corrected chi connectivity index (χ0v) is 15.5. The van der Waals surface area contributed by atoms with Crippen LogP contribution in [0.25, 0.3) is 11.4 Å². The van der Waals surface area contributed by atoms with Crippen LogP contribution in [-0.2, 0) is 0 Å². The average molecular weight is 390 g/mol. The molecule has 1 saturated heterocycles. The zero-order chi connectivity index (χ0) is 19.1. The molecule has 27 heavy (non-hydrogen) atoms. The van der Waals surface area contributed by atoms with Gasteiger partial charge < -0.3 is 9.42 Å². The predicted octanol–water partition coefficient (Wildman–Crippen LogP) is 4.07. The number of halogens is 2. The van der Waals surface area contributed by atoms with E-state index < -0.39 is 11.6 Å². The van der Waals surface area contributed by atoms with E-state index in [4.69, 9.17) is 4.52 Å². The van der Waals surface area contributed by atoms with Crippen LogP contribution < -0.4 is 0 Å².